The van der Waals surface area contributed by atoms with E-state index in [0.717, 1.165) is 24.9 Å². The summed E-state index contributed by atoms with van der Waals surface area (Å²) >= 11 is 12.0. The minimum absolute atomic E-state index is 0.0438. The summed E-state index contributed by atoms with van der Waals surface area (Å²) < 4.78 is 0. The number of hydrogen-bond acceptors (Lipinski definition) is 4. The largest absolute Gasteiger partial charge is 0.326 e. The van der Waals surface area contributed by atoms with Gasteiger partial charge in [-0.05, 0) is 43.1 Å². The lowest BCUT2D eigenvalue weighted by Crippen LogP contribution is -2.40. The normalized spacial score (nSPS) is 17.5. The average Bonchev–Trinajstić information content (AvgIpc) is 2.65. The summed E-state index contributed by atoms with van der Waals surface area (Å²) in [5.74, 6) is -0.282. The van der Waals surface area contributed by atoms with Crippen LogP contribution in [0.3, 0.4) is 0 Å². The van der Waals surface area contributed by atoms with Gasteiger partial charge >= 0.3 is 0 Å². The molecule has 1 atom stereocenters. The van der Waals surface area contributed by atoms with Crippen LogP contribution in [0.25, 0.3) is 0 Å². The smallest absolute Gasteiger partial charge is 0.271 e. The second kappa shape index (κ2) is 8.69. The van der Waals surface area contributed by atoms with Crippen LogP contribution in [0.1, 0.15) is 18.4 Å². The fourth-order valence-electron chi connectivity index (χ4n) is 3.25. The van der Waals surface area contributed by atoms with Crippen LogP contribution in [0.15, 0.2) is 42.5 Å². The third kappa shape index (κ3) is 5.19. The number of carbonyl (C=O) groups is 1. The fourth-order valence-corrected chi connectivity index (χ4v) is 3.57. The Morgan fingerprint density at radius 3 is 2.78 bits per heavy atom. The maximum absolute atomic E-state index is 12.6. The number of nitro benzene ring substituents is 1. The Labute approximate surface area is 167 Å². The summed E-state index contributed by atoms with van der Waals surface area (Å²) in [6.07, 6.45) is 1.70. The van der Waals surface area contributed by atoms with Gasteiger partial charge in [0.25, 0.3) is 5.69 Å². The van der Waals surface area contributed by atoms with E-state index in [1.165, 1.54) is 12.1 Å². The Morgan fingerprint density at radius 2 is 2.04 bits per heavy atom. The molecule has 27 heavy (non-hydrogen) atoms. The molecule has 2 aromatic carbocycles. The molecule has 142 valence electrons. The number of hydrogen-bond donors (Lipinski definition) is 1. The lowest BCUT2D eigenvalue weighted by molar-refractivity contribution is -0.384. The SMILES string of the molecule is O=C(Nc1cccc([N+](=O)[O-])c1)C1CCCN(Cc2ccc(Cl)c(Cl)c2)C1. The molecule has 0 radical (unpaired) electrons. The monoisotopic (exact) mass is 407 g/mol. The predicted molar refractivity (Wildman–Crippen MR) is 106 cm³/mol. The Hall–Kier alpha value is -2.15. The number of rotatable bonds is 5. The molecule has 0 aliphatic carbocycles. The lowest BCUT2D eigenvalue weighted by Gasteiger charge is -2.32. The van der Waals surface area contributed by atoms with Gasteiger partial charge in [-0.3, -0.25) is 19.8 Å². The number of anilines is 1. The molecule has 3 rings (SSSR count). The number of likely N-dealkylation sites (tertiary alicyclic amines) is 1. The molecule has 1 heterocycles. The maximum Gasteiger partial charge on any atom is 0.271 e. The second-order valence-corrected chi connectivity index (χ2v) is 7.43. The zero-order chi connectivity index (χ0) is 19.4. The summed E-state index contributed by atoms with van der Waals surface area (Å²) in [5, 5.41) is 14.7. The van der Waals surface area contributed by atoms with Crippen LogP contribution in [0, 0.1) is 16.0 Å². The molecule has 0 aromatic heterocycles. The molecule has 0 spiro atoms. The highest BCUT2D eigenvalue weighted by Gasteiger charge is 2.26. The van der Waals surface area contributed by atoms with Crippen LogP contribution in [-0.4, -0.2) is 28.8 Å². The van der Waals surface area contributed by atoms with Crippen LogP contribution in [0.4, 0.5) is 11.4 Å². The zero-order valence-electron chi connectivity index (χ0n) is 14.5. The van der Waals surface area contributed by atoms with Crippen LogP contribution < -0.4 is 5.32 Å². The highest BCUT2D eigenvalue weighted by atomic mass is 35.5. The number of non-ortho nitro benzene ring substituents is 1. The molecule has 1 aliphatic heterocycles. The van der Waals surface area contributed by atoms with Crippen molar-refractivity contribution in [1.82, 2.24) is 4.90 Å². The summed E-state index contributed by atoms with van der Waals surface area (Å²) in [7, 11) is 0. The van der Waals surface area contributed by atoms with E-state index in [-0.39, 0.29) is 17.5 Å². The van der Waals surface area contributed by atoms with Gasteiger partial charge < -0.3 is 5.32 Å². The van der Waals surface area contributed by atoms with E-state index in [1.807, 2.05) is 12.1 Å². The Morgan fingerprint density at radius 1 is 1.22 bits per heavy atom. The van der Waals surface area contributed by atoms with Crippen molar-refractivity contribution in [2.24, 2.45) is 5.92 Å². The molecule has 1 aliphatic rings. The first-order valence-electron chi connectivity index (χ1n) is 8.64. The second-order valence-electron chi connectivity index (χ2n) is 6.62. The van der Waals surface area contributed by atoms with E-state index in [2.05, 4.69) is 10.2 Å². The molecular formula is C19H19Cl2N3O3. The lowest BCUT2D eigenvalue weighted by atomic mass is 9.96. The number of carbonyl (C=O) groups excluding carboxylic acids is 1. The van der Waals surface area contributed by atoms with Crippen LogP contribution in [-0.2, 0) is 11.3 Å². The van der Waals surface area contributed by atoms with Crippen molar-refractivity contribution in [2.75, 3.05) is 18.4 Å². The van der Waals surface area contributed by atoms with E-state index in [0.29, 0.717) is 28.8 Å². The molecule has 0 saturated carbocycles. The van der Waals surface area contributed by atoms with Crippen molar-refractivity contribution in [1.29, 1.82) is 0 Å². The minimum Gasteiger partial charge on any atom is -0.326 e. The highest BCUT2D eigenvalue weighted by Crippen LogP contribution is 2.25. The number of nitrogens with one attached hydrogen (secondary N) is 1. The number of benzene rings is 2. The third-order valence-corrected chi connectivity index (χ3v) is 5.33. The molecule has 6 nitrogen and oxygen atoms in total. The number of piperidine rings is 1. The van der Waals surface area contributed by atoms with Crippen LogP contribution in [0.2, 0.25) is 10.0 Å². The Bertz CT molecular complexity index is 860. The van der Waals surface area contributed by atoms with Gasteiger partial charge in [0.15, 0.2) is 0 Å². The van der Waals surface area contributed by atoms with Gasteiger partial charge in [-0.25, -0.2) is 0 Å². The van der Waals surface area contributed by atoms with Crippen molar-refractivity contribution in [2.45, 2.75) is 19.4 Å². The quantitative estimate of drug-likeness (QED) is 0.572. The standard InChI is InChI=1S/C19H19Cl2N3O3/c20-17-7-6-13(9-18(17)21)11-23-8-2-3-14(12-23)19(25)22-15-4-1-5-16(10-15)24(26)27/h1,4-7,9-10,14H,2-3,8,11-12H2,(H,22,25). The molecule has 1 N–H and O–H groups in total. The first kappa shape index (κ1) is 19.6. The molecule has 1 fully saturated rings. The van der Waals surface area contributed by atoms with Gasteiger partial charge in [0.2, 0.25) is 5.91 Å². The summed E-state index contributed by atoms with van der Waals surface area (Å²) in [5.41, 5.74) is 1.44. The van der Waals surface area contributed by atoms with Gasteiger partial charge in [0, 0.05) is 30.9 Å². The van der Waals surface area contributed by atoms with Gasteiger partial charge in [-0.2, -0.15) is 0 Å². The number of halogens is 2. The molecule has 1 amide bonds. The Kier molecular flexibility index (Phi) is 6.31. The van der Waals surface area contributed by atoms with E-state index in [9.17, 15) is 14.9 Å². The van der Waals surface area contributed by atoms with Crippen molar-refractivity contribution < 1.29 is 9.72 Å². The number of nitro groups is 1. The summed E-state index contributed by atoms with van der Waals surface area (Å²) in [4.78, 5) is 25.2. The van der Waals surface area contributed by atoms with Gasteiger partial charge in [0.1, 0.15) is 0 Å². The van der Waals surface area contributed by atoms with E-state index in [4.69, 9.17) is 23.2 Å². The molecule has 8 heteroatoms. The number of amides is 1. The minimum atomic E-state index is -0.477. The van der Waals surface area contributed by atoms with E-state index in [1.54, 1.807) is 18.2 Å². The van der Waals surface area contributed by atoms with Crippen molar-refractivity contribution in [3.63, 3.8) is 0 Å². The average molecular weight is 408 g/mol. The highest BCUT2D eigenvalue weighted by molar-refractivity contribution is 6.42. The van der Waals surface area contributed by atoms with Crippen molar-refractivity contribution >= 4 is 40.5 Å². The van der Waals surface area contributed by atoms with Gasteiger partial charge in [-0.15, -0.1) is 0 Å². The van der Waals surface area contributed by atoms with Crippen molar-refractivity contribution in [3.8, 4) is 0 Å². The van der Waals surface area contributed by atoms with Gasteiger partial charge in [-0.1, -0.05) is 35.3 Å². The van der Waals surface area contributed by atoms with E-state index >= 15 is 0 Å². The van der Waals surface area contributed by atoms with Crippen LogP contribution in [0.5, 0.6) is 0 Å². The first-order chi connectivity index (χ1) is 12.9. The maximum atomic E-state index is 12.6. The zero-order valence-corrected chi connectivity index (χ0v) is 16.0. The van der Waals surface area contributed by atoms with Crippen molar-refractivity contribution in [3.05, 3.63) is 68.2 Å². The Balaban J connectivity index is 1.61. The number of nitrogens with zero attached hydrogens (tertiary/aromatic N) is 2. The molecule has 1 unspecified atom stereocenters. The van der Waals surface area contributed by atoms with E-state index < -0.39 is 4.92 Å². The predicted octanol–water partition coefficient (Wildman–Crippen LogP) is 4.75. The molecule has 0 bridgehead atoms. The third-order valence-electron chi connectivity index (χ3n) is 4.59. The van der Waals surface area contributed by atoms with Crippen LogP contribution >= 0.6 is 23.2 Å². The first-order valence-corrected chi connectivity index (χ1v) is 9.39. The molecule has 1 saturated heterocycles. The molecular weight excluding hydrogens is 389 g/mol. The summed E-state index contributed by atoms with van der Waals surface area (Å²) in [6.45, 7) is 2.22. The molecule has 2 aromatic rings. The van der Waals surface area contributed by atoms with Gasteiger partial charge in [0.05, 0.1) is 20.9 Å². The topological polar surface area (TPSA) is 75.5 Å². The fraction of sp³-hybridized carbons (Fsp3) is 0.316. The summed E-state index contributed by atoms with van der Waals surface area (Å²) in [6, 6.07) is 11.5.